The summed E-state index contributed by atoms with van der Waals surface area (Å²) in [6.45, 7) is 0. The average Bonchev–Trinajstić information content (AvgIpc) is 3.09. The predicted molar refractivity (Wildman–Crippen MR) is 99.6 cm³/mol. The number of carbonyl (C=O) groups is 1. The zero-order chi connectivity index (χ0) is 17.6. The highest BCUT2D eigenvalue weighted by molar-refractivity contribution is 6.11. The van der Waals surface area contributed by atoms with Gasteiger partial charge in [0.05, 0.1) is 17.2 Å². The lowest BCUT2D eigenvalue weighted by Gasteiger charge is -2.13. The highest BCUT2D eigenvalue weighted by atomic mass is 16.3. The molecule has 25 heavy (non-hydrogen) atoms. The number of aromatic hydroxyl groups is 1. The van der Waals surface area contributed by atoms with Crippen LogP contribution < -0.4 is 10.2 Å². The first-order valence-corrected chi connectivity index (χ1v) is 7.94. The molecule has 0 fully saturated rings. The summed E-state index contributed by atoms with van der Waals surface area (Å²) in [7, 11) is 3.92. The van der Waals surface area contributed by atoms with Gasteiger partial charge >= 0.3 is 0 Å². The minimum atomic E-state index is -0.357. The summed E-state index contributed by atoms with van der Waals surface area (Å²) in [5.41, 5.74) is 4.33. The van der Waals surface area contributed by atoms with Gasteiger partial charge in [0, 0.05) is 25.5 Å². The smallest absolute Gasteiger partial charge is 0.263 e. The molecular formula is C19H18N4O2. The molecule has 0 saturated heterocycles. The van der Waals surface area contributed by atoms with E-state index in [0.29, 0.717) is 11.3 Å². The number of imidazole rings is 1. The quantitative estimate of drug-likeness (QED) is 0.537. The molecule has 2 heterocycles. The Balaban J connectivity index is 1.71. The molecule has 3 N–H and O–H groups in total. The van der Waals surface area contributed by atoms with E-state index in [9.17, 15) is 9.90 Å². The van der Waals surface area contributed by atoms with E-state index in [-0.39, 0.29) is 17.2 Å². The number of anilines is 2. The molecule has 6 heteroatoms. The number of carbonyl (C=O) groups excluding carboxylic acids is 1. The van der Waals surface area contributed by atoms with Crippen molar-refractivity contribution in [2.45, 2.75) is 0 Å². The summed E-state index contributed by atoms with van der Waals surface area (Å²) in [6.07, 6.45) is 1.55. The Labute approximate surface area is 144 Å². The van der Waals surface area contributed by atoms with Crippen molar-refractivity contribution >= 4 is 34.0 Å². The Hall–Kier alpha value is -3.41. The zero-order valence-corrected chi connectivity index (χ0v) is 13.9. The highest BCUT2D eigenvalue weighted by Gasteiger charge is 2.20. The Morgan fingerprint density at radius 1 is 1.12 bits per heavy atom. The van der Waals surface area contributed by atoms with Crippen molar-refractivity contribution in [2.24, 2.45) is 0 Å². The van der Waals surface area contributed by atoms with Gasteiger partial charge in [-0.15, -0.1) is 0 Å². The molecular weight excluding hydrogens is 316 g/mol. The standard InChI is InChI=1S/C19H18N4O2/c1-22(2)13-9-7-12(8-10-13)20-19(25)17-16(24)11-23-15-6-4-3-5-14(15)21-18(17)23/h3-11,21,24H,1-2H3,(H,20,25). The molecule has 4 aromatic rings. The number of benzene rings is 2. The van der Waals surface area contributed by atoms with Crippen molar-refractivity contribution in [3.8, 4) is 5.75 Å². The second-order valence-corrected chi connectivity index (χ2v) is 6.15. The molecule has 0 aliphatic rings. The van der Waals surface area contributed by atoms with Gasteiger partial charge in [-0.25, -0.2) is 0 Å². The van der Waals surface area contributed by atoms with Crippen molar-refractivity contribution < 1.29 is 9.90 Å². The Bertz CT molecular complexity index is 1070. The number of hydrogen-bond donors (Lipinski definition) is 3. The van der Waals surface area contributed by atoms with Crippen LogP contribution in [0.1, 0.15) is 10.4 Å². The molecule has 0 radical (unpaired) electrons. The molecule has 126 valence electrons. The summed E-state index contributed by atoms with van der Waals surface area (Å²) >= 11 is 0. The van der Waals surface area contributed by atoms with Crippen molar-refractivity contribution in [3.63, 3.8) is 0 Å². The Morgan fingerprint density at radius 3 is 2.56 bits per heavy atom. The molecule has 2 aromatic heterocycles. The van der Waals surface area contributed by atoms with Crippen LogP contribution in [0.2, 0.25) is 0 Å². The van der Waals surface area contributed by atoms with E-state index < -0.39 is 0 Å². The maximum atomic E-state index is 12.7. The van der Waals surface area contributed by atoms with Crippen molar-refractivity contribution in [3.05, 3.63) is 60.3 Å². The SMILES string of the molecule is CN(C)c1ccc(NC(=O)c2c(O)cn3c2[nH]c2ccccc23)cc1. The molecule has 0 spiro atoms. The lowest BCUT2D eigenvalue weighted by molar-refractivity contribution is 0.102. The fourth-order valence-electron chi connectivity index (χ4n) is 2.98. The van der Waals surface area contributed by atoms with E-state index >= 15 is 0 Å². The first-order valence-electron chi connectivity index (χ1n) is 7.94. The van der Waals surface area contributed by atoms with E-state index in [1.807, 2.05) is 67.5 Å². The van der Waals surface area contributed by atoms with E-state index in [1.54, 1.807) is 10.6 Å². The number of nitrogens with zero attached hydrogens (tertiary/aromatic N) is 2. The zero-order valence-electron chi connectivity index (χ0n) is 13.9. The number of para-hydroxylation sites is 2. The average molecular weight is 334 g/mol. The molecule has 0 atom stereocenters. The van der Waals surface area contributed by atoms with Crippen LogP contribution >= 0.6 is 0 Å². The van der Waals surface area contributed by atoms with Gasteiger partial charge in [-0.1, -0.05) is 12.1 Å². The number of fused-ring (bicyclic) bond motifs is 3. The minimum absolute atomic E-state index is 0.0561. The molecule has 2 aromatic carbocycles. The van der Waals surface area contributed by atoms with Gasteiger partial charge in [0.15, 0.2) is 0 Å². The fraction of sp³-hybridized carbons (Fsp3) is 0.105. The Kier molecular flexibility index (Phi) is 3.39. The van der Waals surface area contributed by atoms with Gasteiger partial charge in [-0.05, 0) is 36.4 Å². The normalized spacial score (nSPS) is 11.1. The van der Waals surface area contributed by atoms with Gasteiger partial charge < -0.3 is 20.3 Å². The first kappa shape index (κ1) is 15.1. The van der Waals surface area contributed by atoms with Gasteiger partial charge in [-0.3, -0.25) is 9.20 Å². The molecule has 6 nitrogen and oxygen atoms in total. The third-order valence-corrected chi connectivity index (χ3v) is 4.27. The minimum Gasteiger partial charge on any atom is -0.505 e. The summed E-state index contributed by atoms with van der Waals surface area (Å²) < 4.78 is 1.79. The maximum absolute atomic E-state index is 12.7. The van der Waals surface area contributed by atoms with E-state index in [2.05, 4.69) is 10.3 Å². The number of aromatic nitrogens is 2. The maximum Gasteiger partial charge on any atom is 0.263 e. The van der Waals surface area contributed by atoms with Crippen LogP contribution in [0.3, 0.4) is 0 Å². The fourth-order valence-corrected chi connectivity index (χ4v) is 2.98. The monoisotopic (exact) mass is 334 g/mol. The van der Waals surface area contributed by atoms with Crippen molar-refractivity contribution in [1.82, 2.24) is 9.38 Å². The molecule has 4 rings (SSSR count). The summed E-state index contributed by atoms with van der Waals surface area (Å²) in [4.78, 5) is 17.9. The van der Waals surface area contributed by atoms with Gasteiger partial charge in [0.25, 0.3) is 5.91 Å². The van der Waals surface area contributed by atoms with Crippen LogP contribution in [-0.2, 0) is 0 Å². The number of hydrogen-bond acceptors (Lipinski definition) is 3. The topological polar surface area (TPSA) is 72.8 Å². The van der Waals surface area contributed by atoms with Crippen LogP contribution in [0.15, 0.2) is 54.7 Å². The van der Waals surface area contributed by atoms with Crippen molar-refractivity contribution in [1.29, 1.82) is 0 Å². The number of aromatic amines is 1. The summed E-state index contributed by atoms with van der Waals surface area (Å²) in [6, 6.07) is 15.2. The van der Waals surface area contributed by atoms with Crippen LogP contribution in [0.25, 0.3) is 16.7 Å². The van der Waals surface area contributed by atoms with Crippen molar-refractivity contribution in [2.75, 3.05) is 24.3 Å². The van der Waals surface area contributed by atoms with Crippen LogP contribution in [0.4, 0.5) is 11.4 Å². The first-order chi connectivity index (χ1) is 12.0. The predicted octanol–water partition coefficient (Wildman–Crippen LogP) is 3.44. The van der Waals surface area contributed by atoms with E-state index in [4.69, 9.17) is 0 Å². The van der Waals surface area contributed by atoms with Crippen LogP contribution in [-0.4, -0.2) is 34.5 Å². The Morgan fingerprint density at radius 2 is 1.84 bits per heavy atom. The highest BCUT2D eigenvalue weighted by Crippen LogP contribution is 2.29. The summed E-state index contributed by atoms with van der Waals surface area (Å²) in [5, 5.41) is 13.1. The largest absolute Gasteiger partial charge is 0.505 e. The van der Waals surface area contributed by atoms with Gasteiger partial charge in [0.2, 0.25) is 0 Å². The van der Waals surface area contributed by atoms with Gasteiger partial charge in [-0.2, -0.15) is 0 Å². The molecule has 0 aliphatic heterocycles. The number of rotatable bonds is 3. The van der Waals surface area contributed by atoms with Crippen LogP contribution in [0, 0.1) is 0 Å². The third-order valence-electron chi connectivity index (χ3n) is 4.27. The molecule has 0 aliphatic carbocycles. The molecule has 0 unspecified atom stereocenters. The second-order valence-electron chi connectivity index (χ2n) is 6.15. The molecule has 1 amide bonds. The van der Waals surface area contributed by atoms with E-state index in [0.717, 1.165) is 16.7 Å². The lowest BCUT2D eigenvalue weighted by Crippen LogP contribution is -2.12. The third kappa shape index (κ3) is 2.48. The number of amides is 1. The second kappa shape index (κ2) is 5.59. The van der Waals surface area contributed by atoms with Gasteiger partial charge in [0.1, 0.15) is 17.0 Å². The number of H-pyrrole nitrogens is 1. The number of nitrogens with one attached hydrogen (secondary N) is 2. The van der Waals surface area contributed by atoms with E-state index in [1.165, 1.54) is 0 Å². The van der Waals surface area contributed by atoms with Crippen LogP contribution in [0.5, 0.6) is 5.75 Å². The molecule has 0 saturated carbocycles. The summed E-state index contributed by atoms with van der Waals surface area (Å²) in [5.74, 6) is -0.413. The molecule has 0 bridgehead atoms. The lowest BCUT2D eigenvalue weighted by atomic mass is 10.2.